The predicted octanol–water partition coefficient (Wildman–Crippen LogP) is 2.91. The van der Waals surface area contributed by atoms with E-state index >= 15 is 0 Å². The summed E-state index contributed by atoms with van der Waals surface area (Å²) in [6.07, 6.45) is 1.84. The monoisotopic (exact) mass is 252 g/mol. The average molecular weight is 252 g/mol. The number of nitrogens with zero attached hydrogens (tertiary/aromatic N) is 2. The van der Waals surface area contributed by atoms with Crippen LogP contribution in [0.3, 0.4) is 0 Å². The number of amides is 2. The van der Waals surface area contributed by atoms with Crippen molar-refractivity contribution < 1.29 is 13.6 Å². The third-order valence-electron chi connectivity index (χ3n) is 3.22. The lowest BCUT2D eigenvalue weighted by atomic mass is 10.0. The molecule has 0 aromatic heterocycles. The topological polar surface area (TPSA) is 23.6 Å². The lowest BCUT2D eigenvalue weighted by Gasteiger charge is -2.36. The minimum absolute atomic E-state index is 0.176. The zero-order valence-corrected chi connectivity index (χ0v) is 10.4. The van der Waals surface area contributed by atoms with E-state index in [9.17, 15) is 13.6 Å². The molecule has 96 valence electrons. The van der Waals surface area contributed by atoms with Crippen molar-refractivity contribution in [3.63, 3.8) is 0 Å². The summed E-state index contributed by atoms with van der Waals surface area (Å²) in [5.74, 6) is -1.79. The first-order chi connectivity index (χ1) is 8.41. The molecule has 3 nitrogen and oxygen atoms in total. The molecule has 2 rings (SSSR count). The Hall–Kier alpha value is -1.91. The smallest absolute Gasteiger partial charge is 0.317 e. The molecule has 0 fully saturated rings. The van der Waals surface area contributed by atoms with Crippen molar-refractivity contribution >= 4 is 6.03 Å². The first-order valence-electron chi connectivity index (χ1n) is 5.55. The van der Waals surface area contributed by atoms with Crippen LogP contribution in [0.4, 0.5) is 13.6 Å². The maximum absolute atomic E-state index is 13.2. The number of likely N-dealkylation sites (N-methyl/N-ethyl adjacent to an activating group) is 1. The van der Waals surface area contributed by atoms with Gasteiger partial charge in [0, 0.05) is 19.8 Å². The summed E-state index contributed by atoms with van der Waals surface area (Å²) in [4.78, 5) is 14.9. The molecule has 1 aromatic carbocycles. The highest BCUT2D eigenvalue weighted by atomic mass is 19.2. The van der Waals surface area contributed by atoms with Crippen molar-refractivity contribution in [1.29, 1.82) is 0 Å². The fourth-order valence-corrected chi connectivity index (χ4v) is 1.97. The molecule has 0 saturated heterocycles. The van der Waals surface area contributed by atoms with Crippen LogP contribution in [-0.2, 0) is 0 Å². The quantitative estimate of drug-likeness (QED) is 0.753. The number of carbonyl (C=O) groups is 1. The maximum Gasteiger partial charge on any atom is 0.324 e. The summed E-state index contributed by atoms with van der Waals surface area (Å²) in [5, 5.41) is 0. The molecular formula is C13H14F2N2O. The van der Waals surface area contributed by atoms with Crippen LogP contribution in [0.15, 0.2) is 30.0 Å². The largest absolute Gasteiger partial charge is 0.324 e. The maximum atomic E-state index is 13.2. The van der Waals surface area contributed by atoms with Gasteiger partial charge < -0.3 is 9.80 Å². The Morgan fingerprint density at radius 3 is 2.44 bits per heavy atom. The molecule has 5 heteroatoms. The van der Waals surface area contributed by atoms with Crippen LogP contribution in [0.25, 0.3) is 0 Å². The molecule has 2 amide bonds. The second-order valence-electron chi connectivity index (χ2n) is 4.38. The molecular weight excluding hydrogens is 238 g/mol. The number of benzene rings is 1. The van der Waals surface area contributed by atoms with Crippen molar-refractivity contribution in [1.82, 2.24) is 9.80 Å². The van der Waals surface area contributed by atoms with Crippen LogP contribution in [0.1, 0.15) is 18.5 Å². The Labute approximate surface area is 104 Å². The molecule has 0 spiro atoms. The first-order valence-corrected chi connectivity index (χ1v) is 5.55. The summed E-state index contributed by atoms with van der Waals surface area (Å²) in [6, 6.07) is 3.14. The fraction of sp³-hybridized carbons (Fsp3) is 0.308. The Morgan fingerprint density at radius 2 is 1.83 bits per heavy atom. The van der Waals surface area contributed by atoms with E-state index in [1.165, 1.54) is 15.9 Å². The molecule has 0 aliphatic carbocycles. The molecule has 1 atom stereocenters. The summed E-state index contributed by atoms with van der Waals surface area (Å²) in [6.45, 7) is 1.80. The Morgan fingerprint density at radius 1 is 1.17 bits per heavy atom. The van der Waals surface area contributed by atoms with E-state index in [0.717, 1.165) is 17.8 Å². The molecule has 0 bridgehead atoms. The number of hydrogen-bond donors (Lipinski definition) is 0. The Kier molecular flexibility index (Phi) is 3.07. The second kappa shape index (κ2) is 4.40. The summed E-state index contributed by atoms with van der Waals surface area (Å²) in [7, 11) is 3.31. The standard InChI is InChI=1S/C13H14F2N2O/c1-8-6-12(17(3)13(18)16(8)2)9-4-5-10(14)11(15)7-9/h4-7,12H,1-3H3/t12-/m1/s1. The van der Waals surface area contributed by atoms with Crippen LogP contribution < -0.4 is 0 Å². The predicted molar refractivity (Wildman–Crippen MR) is 63.8 cm³/mol. The molecule has 1 aromatic rings. The van der Waals surface area contributed by atoms with Gasteiger partial charge in [0.2, 0.25) is 0 Å². The number of hydrogen-bond acceptors (Lipinski definition) is 1. The van der Waals surface area contributed by atoms with Gasteiger partial charge in [0.1, 0.15) is 0 Å². The van der Waals surface area contributed by atoms with Crippen molar-refractivity contribution in [3.05, 3.63) is 47.2 Å². The van der Waals surface area contributed by atoms with E-state index in [2.05, 4.69) is 0 Å². The van der Waals surface area contributed by atoms with Gasteiger partial charge in [-0.3, -0.25) is 0 Å². The molecule has 18 heavy (non-hydrogen) atoms. The fourth-order valence-electron chi connectivity index (χ4n) is 1.97. The number of allylic oxidation sites excluding steroid dienone is 1. The number of rotatable bonds is 1. The molecule has 0 saturated carbocycles. The van der Waals surface area contributed by atoms with E-state index in [0.29, 0.717) is 5.56 Å². The molecule has 0 N–H and O–H groups in total. The zero-order valence-electron chi connectivity index (χ0n) is 10.4. The van der Waals surface area contributed by atoms with Crippen molar-refractivity contribution in [3.8, 4) is 0 Å². The lowest BCUT2D eigenvalue weighted by molar-refractivity contribution is 0.165. The van der Waals surface area contributed by atoms with Crippen LogP contribution >= 0.6 is 0 Å². The number of urea groups is 1. The van der Waals surface area contributed by atoms with Crippen molar-refractivity contribution in [2.45, 2.75) is 13.0 Å². The van der Waals surface area contributed by atoms with Crippen LogP contribution in [-0.4, -0.2) is 29.9 Å². The Balaban J connectivity index is 2.43. The third-order valence-corrected chi connectivity index (χ3v) is 3.22. The van der Waals surface area contributed by atoms with E-state index < -0.39 is 11.6 Å². The van der Waals surface area contributed by atoms with Gasteiger partial charge >= 0.3 is 6.03 Å². The minimum Gasteiger partial charge on any atom is -0.317 e. The van der Waals surface area contributed by atoms with E-state index in [1.807, 2.05) is 6.08 Å². The van der Waals surface area contributed by atoms with E-state index in [4.69, 9.17) is 0 Å². The van der Waals surface area contributed by atoms with Crippen LogP contribution in [0, 0.1) is 11.6 Å². The van der Waals surface area contributed by atoms with Crippen molar-refractivity contribution in [2.75, 3.05) is 14.1 Å². The Bertz CT molecular complexity index is 528. The number of carbonyl (C=O) groups excluding carboxylic acids is 1. The third kappa shape index (κ3) is 1.96. The molecule has 1 heterocycles. The normalized spacial score (nSPS) is 20.2. The van der Waals surface area contributed by atoms with Gasteiger partial charge in [0.05, 0.1) is 6.04 Å². The highest BCUT2D eigenvalue weighted by Crippen LogP contribution is 2.29. The van der Waals surface area contributed by atoms with Gasteiger partial charge in [0.15, 0.2) is 11.6 Å². The van der Waals surface area contributed by atoms with Crippen molar-refractivity contribution in [2.24, 2.45) is 0 Å². The summed E-state index contributed by atoms with van der Waals surface area (Å²) < 4.78 is 26.1. The van der Waals surface area contributed by atoms with Gasteiger partial charge in [-0.2, -0.15) is 0 Å². The molecule has 1 aliphatic rings. The lowest BCUT2D eigenvalue weighted by Crippen LogP contribution is -2.43. The van der Waals surface area contributed by atoms with Gasteiger partial charge in [-0.05, 0) is 30.7 Å². The summed E-state index contributed by atoms with van der Waals surface area (Å²) >= 11 is 0. The highest BCUT2D eigenvalue weighted by Gasteiger charge is 2.28. The van der Waals surface area contributed by atoms with E-state index in [1.54, 1.807) is 21.0 Å². The molecule has 0 unspecified atom stereocenters. The van der Waals surface area contributed by atoms with E-state index in [-0.39, 0.29) is 12.1 Å². The van der Waals surface area contributed by atoms with Crippen LogP contribution in [0.2, 0.25) is 0 Å². The van der Waals surface area contributed by atoms with Gasteiger partial charge in [0.25, 0.3) is 0 Å². The average Bonchev–Trinajstić information content (AvgIpc) is 2.35. The van der Waals surface area contributed by atoms with Gasteiger partial charge in [-0.15, -0.1) is 0 Å². The SMILES string of the molecule is CC1=C[C@H](c2ccc(F)c(F)c2)N(C)C(=O)N1C. The first kappa shape index (κ1) is 12.5. The number of halogens is 2. The molecule has 1 aliphatic heterocycles. The zero-order chi connectivity index (χ0) is 13.4. The van der Waals surface area contributed by atoms with Gasteiger partial charge in [-0.25, -0.2) is 13.6 Å². The van der Waals surface area contributed by atoms with Crippen LogP contribution in [0.5, 0.6) is 0 Å². The molecule has 0 radical (unpaired) electrons. The minimum atomic E-state index is -0.904. The highest BCUT2D eigenvalue weighted by molar-refractivity contribution is 5.78. The second-order valence-corrected chi connectivity index (χ2v) is 4.38. The summed E-state index contributed by atoms with van der Waals surface area (Å²) in [5.41, 5.74) is 1.34. The van der Waals surface area contributed by atoms with Gasteiger partial charge in [-0.1, -0.05) is 6.07 Å².